The van der Waals surface area contributed by atoms with E-state index < -0.39 is 10.4 Å². The molecule has 0 saturated heterocycles. The second-order valence-corrected chi connectivity index (χ2v) is 13.4. The smallest absolute Gasteiger partial charge is 0.759 e. The largest absolute Gasteiger partial charge is 1.00 e. The molecule has 0 aromatic carbocycles. The fourth-order valence-corrected chi connectivity index (χ4v) is 8.67. The van der Waals surface area contributed by atoms with E-state index in [0.717, 1.165) is 48.3 Å². The molecule has 0 aliphatic heterocycles. The van der Waals surface area contributed by atoms with Crippen LogP contribution >= 0.6 is 0 Å². The van der Waals surface area contributed by atoms with Crippen molar-refractivity contribution in [3.63, 3.8) is 0 Å². The van der Waals surface area contributed by atoms with Crippen molar-refractivity contribution in [3.05, 3.63) is 11.6 Å². The Bertz CT molecular complexity index is 804. The summed E-state index contributed by atoms with van der Waals surface area (Å²) in [6, 6.07) is 0. The van der Waals surface area contributed by atoms with Crippen molar-refractivity contribution in [1.29, 1.82) is 0 Å². The maximum absolute atomic E-state index is 10.2. The van der Waals surface area contributed by atoms with Gasteiger partial charge in [-0.3, -0.25) is 8.42 Å². The van der Waals surface area contributed by atoms with Gasteiger partial charge in [0, 0.05) is 10.4 Å². The summed E-state index contributed by atoms with van der Waals surface area (Å²) >= 11 is 0. The summed E-state index contributed by atoms with van der Waals surface area (Å²) < 4.78 is 34.1. The van der Waals surface area contributed by atoms with Crippen molar-refractivity contribution in [2.45, 2.75) is 111 Å². The van der Waals surface area contributed by atoms with Crippen LogP contribution < -0.4 is 29.6 Å². The molecule has 4 aliphatic rings. The fraction of sp³-hybridized carbons (Fsp3) is 0.926. The molecule has 4 aliphatic carbocycles. The number of hydrogen-bond acceptors (Lipinski definition) is 5. The van der Waals surface area contributed by atoms with Crippen LogP contribution in [0.4, 0.5) is 0 Å². The molecule has 7 heteroatoms. The summed E-state index contributed by atoms with van der Waals surface area (Å²) in [5, 5.41) is 10.2. The van der Waals surface area contributed by atoms with Gasteiger partial charge < -0.3 is 14.2 Å². The maximum Gasteiger partial charge on any atom is 1.00 e. The van der Waals surface area contributed by atoms with Crippen LogP contribution in [-0.4, -0.2) is 28.7 Å². The minimum absolute atomic E-state index is 0. The molecule has 3 saturated carbocycles. The molecule has 1 unspecified atom stereocenters. The summed E-state index contributed by atoms with van der Waals surface area (Å²) in [6.07, 6.45) is 17.2. The van der Waals surface area contributed by atoms with Crippen LogP contribution in [0.1, 0.15) is 105 Å². The zero-order valence-corrected chi connectivity index (χ0v) is 25.2. The molecule has 3 fully saturated rings. The average Bonchev–Trinajstić information content (AvgIpc) is 3.04. The Kier molecular flexibility index (Phi) is 10.8. The Hall–Kier alpha value is 0.570. The van der Waals surface area contributed by atoms with E-state index in [1.807, 2.05) is 0 Å². The molecule has 0 heterocycles. The van der Waals surface area contributed by atoms with Gasteiger partial charge in [-0.1, -0.05) is 65.5 Å². The van der Waals surface area contributed by atoms with E-state index in [-0.39, 0.29) is 35.7 Å². The minimum Gasteiger partial charge on any atom is -0.759 e. The third-order valence-corrected chi connectivity index (χ3v) is 10.3. The molecule has 192 valence electrons. The maximum atomic E-state index is 10.2. The Morgan fingerprint density at radius 1 is 1.03 bits per heavy atom. The summed E-state index contributed by atoms with van der Waals surface area (Å²) in [6.45, 7) is 12.6. The van der Waals surface area contributed by atoms with Gasteiger partial charge >= 0.3 is 29.6 Å². The van der Waals surface area contributed by atoms with Crippen LogP contribution in [0.15, 0.2) is 11.6 Å². The van der Waals surface area contributed by atoms with E-state index in [2.05, 4.69) is 40.7 Å². The molecule has 0 aromatic rings. The van der Waals surface area contributed by atoms with Crippen molar-refractivity contribution in [2.24, 2.45) is 46.3 Å². The molecule has 1 N–H and O–H groups in total. The van der Waals surface area contributed by atoms with Gasteiger partial charge in [0.1, 0.15) is 0 Å². The predicted molar refractivity (Wildman–Crippen MR) is 130 cm³/mol. The summed E-state index contributed by atoms with van der Waals surface area (Å²) in [4.78, 5) is 0. The van der Waals surface area contributed by atoms with Crippen molar-refractivity contribution < 1.29 is 52.2 Å². The third-order valence-electron chi connectivity index (χ3n) is 10.3. The van der Waals surface area contributed by atoms with Gasteiger partial charge in [-0.25, -0.2) is 0 Å². The second kappa shape index (κ2) is 12.0. The monoisotopic (exact) mass is 505 g/mol. The topological polar surface area (TPSA) is 100 Å². The normalized spacial score (nSPS) is 40.0. The first-order valence-corrected chi connectivity index (χ1v) is 14.6. The minimum atomic E-state index is -5.17. The van der Waals surface area contributed by atoms with Crippen molar-refractivity contribution in [3.8, 4) is 0 Å². The van der Waals surface area contributed by atoms with Crippen molar-refractivity contribution in [1.82, 2.24) is 0 Å². The zero-order chi connectivity index (χ0) is 24.6. The van der Waals surface area contributed by atoms with Crippen molar-refractivity contribution >= 4 is 10.4 Å². The number of fused-ring (bicyclic) bond motifs is 5. The van der Waals surface area contributed by atoms with Crippen molar-refractivity contribution in [2.75, 3.05) is 0 Å². The molecular weight excluding hydrogens is 459 g/mol. The van der Waals surface area contributed by atoms with Gasteiger partial charge in [0.15, 0.2) is 0 Å². The molecular formula is C27H46NaO5S-. The molecule has 34 heavy (non-hydrogen) atoms. The third kappa shape index (κ3) is 6.90. The van der Waals surface area contributed by atoms with E-state index in [1.165, 1.54) is 57.8 Å². The molecule has 4 rings (SSSR count). The van der Waals surface area contributed by atoms with E-state index >= 15 is 0 Å². The first-order chi connectivity index (χ1) is 15.3. The SMILES string of the molecule is CC(C)CCC[C@@H](C)[C@H]1CC[C@H]2[C@@H]3CC=C4CC(O)CC[C@]4(C)[C@H]3CC[C@]12C.O=S(=O)([O-])[O-].[Na+]. The Balaban J connectivity index is 0.000000619. The van der Waals surface area contributed by atoms with Gasteiger partial charge in [-0.2, -0.15) is 0 Å². The molecule has 0 spiro atoms. The van der Waals surface area contributed by atoms with Gasteiger partial charge in [0.05, 0.1) is 6.10 Å². The number of rotatable bonds is 5. The van der Waals surface area contributed by atoms with Gasteiger partial charge in [0.2, 0.25) is 0 Å². The molecule has 8 atom stereocenters. The van der Waals surface area contributed by atoms with Crippen LogP contribution in [-0.2, 0) is 10.4 Å². The second-order valence-electron chi connectivity index (χ2n) is 12.6. The number of allylic oxidation sites excluding steroid dienone is 1. The summed E-state index contributed by atoms with van der Waals surface area (Å²) in [7, 11) is -5.17. The number of hydrogen-bond donors (Lipinski definition) is 1. The van der Waals surface area contributed by atoms with Crippen LogP contribution in [0.2, 0.25) is 0 Å². The molecule has 0 amide bonds. The molecule has 0 bridgehead atoms. The van der Waals surface area contributed by atoms with E-state index in [9.17, 15) is 5.11 Å². The predicted octanol–water partition coefficient (Wildman–Crippen LogP) is 3.05. The van der Waals surface area contributed by atoms with Gasteiger partial charge in [0.25, 0.3) is 0 Å². The standard InChI is InChI=1S/C27H46O.Na.H2O4S/c1-18(2)7-6-8-19(3)23-11-12-24-22-10-9-20-17-21(28)13-15-26(20,4)25(22)14-16-27(23,24)5;;1-5(2,3)4/h9,18-19,21-25,28H,6-8,10-17H2,1-5H3;;(H2,1,2,3,4)/q;+1;/p-2/t19-,21?,22+,23-,24+,25+,26+,27-;;/m1../s1. The molecule has 5 nitrogen and oxygen atoms in total. The molecule has 0 radical (unpaired) electrons. The Morgan fingerprint density at radius 2 is 1.68 bits per heavy atom. The van der Waals surface area contributed by atoms with Crippen LogP contribution in [0.3, 0.4) is 0 Å². The first kappa shape index (κ1) is 30.8. The van der Waals surface area contributed by atoms with E-state index in [1.54, 1.807) is 5.57 Å². The average molecular weight is 506 g/mol. The Labute approximate surface area is 230 Å². The fourth-order valence-electron chi connectivity index (χ4n) is 8.67. The quantitative estimate of drug-likeness (QED) is 0.268. The zero-order valence-electron chi connectivity index (χ0n) is 22.4. The first-order valence-electron chi connectivity index (χ1n) is 13.3. The van der Waals surface area contributed by atoms with Crippen LogP contribution in [0, 0.1) is 46.3 Å². The van der Waals surface area contributed by atoms with Crippen LogP contribution in [0.25, 0.3) is 0 Å². The van der Waals surface area contributed by atoms with E-state index in [4.69, 9.17) is 17.5 Å². The molecule has 0 aromatic heterocycles. The number of aliphatic hydroxyl groups excluding tert-OH is 1. The summed E-state index contributed by atoms with van der Waals surface area (Å²) in [5.74, 6) is 5.46. The van der Waals surface area contributed by atoms with Gasteiger partial charge in [-0.05, 0) is 97.7 Å². The van der Waals surface area contributed by atoms with Crippen LogP contribution in [0.5, 0.6) is 0 Å². The van der Waals surface area contributed by atoms with E-state index in [0.29, 0.717) is 10.8 Å². The van der Waals surface area contributed by atoms with Gasteiger partial charge in [-0.15, -0.1) is 0 Å². The summed E-state index contributed by atoms with van der Waals surface area (Å²) in [5.41, 5.74) is 2.60. The number of aliphatic hydroxyl groups is 1. The Morgan fingerprint density at radius 3 is 2.29 bits per heavy atom.